The number of carbonyl (C=O) groups is 1. The Bertz CT molecular complexity index is 1560. The molecule has 37 heavy (non-hydrogen) atoms. The number of hydrogen-bond acceptors (Lipinski definition) is 7. The van der Waals surface area contributed by atoms with Crippen LogP contribution in [0.1, 0.15) is 51.9 Å². The van der Waals surface area contributed by atoms with Gasteiger partial charge in [0.1, 0.15) is 22.6 Å². The molecule has 1 unspecified atom stereocenters. The van der Waals surface area contributed by atoms with E-state index < -0.39 is 29.8 Å². The number of aliphatic carboxylic acids is 1. The number of fused-ring (bicyclic) bond motifs is 3. The van der Waals surface area contributed by atoms with Gasteiger partial charge in [-0.15, -0.1) is 21.5 Å². The minimum Gasteiger partial charge on any atom is -0.481 e. The van der Waals surface area contributed by atoms with Crippen LogP contribution in [-0.2, 0) is 11.0 Å². The van der Waals surface area contributed by atoms with Crippen LogP contribution in [0.5, 0.6) is 0 Å². The number of aliphatic imine (C=N–C) groups is 1. The van der Waals surface area contributed by atoms with Gasteiger partial charge in [0.05, 0.1) is 11.6 Å². The number of halogens is 3. The van der Waals surface area contributed by atoms with E-state index >= 15 is 0 Å². The topological polar surface area (TPSA) is 106 Å². The van der Waals surface area contributed by atoms with Gasteiger partial charge in [-0.2, -0.15) is 13.2 Å². The van der Waals surface area contributed by atoms with Crippen molar-refractivity contribution in [1.82, 2.24) is 24.7 Å². The van der Waals surface area contributed by atoms with E-state index in [1.54, 1.807) is 42.5 Å². The number of benzene rings is 1. The summed E-state index contributed by atoms with van der Waals surface area (Å²) in [6, 6.07) is 6.75. The molecule has 12 heteroatoms. The largest absolute Gasteiger partial charge is 0.481 e. The normalized spacial score (nSPS) is 16.0. The van der Waals surface area contributed by atoms with Crippen molar-refractivity contribution in [3.8, 4) is 16.4 Å². The standard InChI is InChI=1S/C25H21F3N6O2S/c1-11-13(3)37-23-18(11)20(31-19(12(2)24(35)36)22-33-32-14(4)34(22)23)15-5-7-16(8-6-15)21-29-10-9-17(30-21)25(26,27)28/h5-10,12,19H,1-4H3,(H,35,36)/t12?,19-/m0/s1. The maximum Gasteiger partial charge on any atom is 0.433 e. The highest BCUT2D eigenvalue weighted by atomic mass is 32.1. The SMILES string of the molecule is Cc1sc2c(c1C)C(c1ccc(-c3nccc(C(F)(F)F)n3)cc1)=N[C@@H](C(C)C(=O)O)c1nnc(C)n1-2. The number of alkyl halides is 3. The Balaban J connectivity index is 1.67. The maximum absolute atomic E-state index is 13.1. The molecule has 1 N–H and O–H groups in total. The quantitative estimate of drug-likeness (QED) is 0.385. The maximum atomic E-state index is 13.1. The molecule has 0 radical (unpaired) electrons. The van der Waals surface area contributed by atoms with Crippen LogP contribution in [0.4, 0.5) is 13.2 Å². The van der Waals surface area contributed by atoms with Gasteiger partial charge in [-0.05, 0) is 39.3 Å². The molecule has 0 amide bonds. The predicted molar refractivity (Wildman–Crippen MR) is 131 cm³/mol. The van der Waals surface area contributed by atoms with Crippen LogP contribution < -0.4 is 0 Å². The number of carboxylic acids is 1. The highest BCUT2D eigenvalue weighted by Gasteiger charge is 2.36. The van der Waals surface area contributed by atoms with Gasteiger partial charge in [0.2, 0.25) is 0 Å². The Hall–Kier alpha value is -3.93. The van der Waals surface area contributed by atoms with Crippen LogP contribution in [0, 0.1) is 26.7 Å². The van der Waals surface area contributed by atoms with E-state index in [1.165, 1.54) is 0 Å². The molecule has 1 aliphatic heterocycles. The highest BCUT2D eigenvalue weighted by molar-refractivity contribution is 7.15. The fraction of sp³-hybridized carbons (Fsp3) is 0.280. The van der Waals surface area contributed by atoms with Gasteiger partial charge in [0.25, 0.3) is 0 Å². The van der Waals surface area contributed by atoms with Crippen LogP contribution in [0.2, 0.25) is 0 Å². The van der Waals surface area contributed by atoms with Crippen molar-refractivity contribution in [2.24, 2.45) is 10.9 Å². The lowest BCUT2D eigenvalue weighted by molar-refractivity contribution is -0.142. The summed E-state index contributed by atoms with van der Waals surface area (Å²) in [6.07, 6.45) is -3.50. The zero-order chi connectivity index (χ0) is 26.6. The van der Waals surface area contributed by atoms with Gasteiger partial charge in [0.15, 0.2) is 11.6 Å². The van der Waals surface area contributed by atoms with Gasteiger partial charge in [-0.1, -0.05) is 24.3 Å². The zero-order valence-electron chi connectivity index (χ0n) is 20.2. The van der Waals surface area contributed by atoms with Crippen molar-refractivity contribution in [3.63, 3.8) is 0 Å². The Morgan fingerprint density at radius 3 is 2.41 bits per heavy atom. The van der Waals surface area contributed by atoms with E-state index in [4.69, 9.17) is 4.99 Å². The molecule has 0 bridgehead atoms. The number of thiophene rings is 1. The predicted octanol–water partition coefficient (Wildman–Crippen LogP) is 5.34. The first kappa shape index (κ1) is 24.8. The lowest BCUT2D eigenvalue weighted by atomic mass is 9.97. The zero-order valence-corrected chi connectivity index (χ0v) is 21.0. The molecule has 0 fully saturated rings. The van der Waals surface area contributed by atoms with Crippen LogP contribution in [0.15, 0.2) is 41.5 Å². The number of carboxylic acid groups (broad SMARTS) is 1. The third kappa shape index (κ3) is 4.20. The number of hydrogen-bond donors (Lipinski definition) is 1. The molecule has 3 aromatic heterocycles. The van der Waals surface area contributed by atoms with Crippen LogP contribution in [-0.4, -0.2) is 41.5 Å². The van der Waals surface area contributed by atoms with E-state index in [0.717, 1.165) is 33.3 Å². The van der Waals surface area contributed by atoms with Gasteiger partial charge >= 0.3 is 12.1 Å². The molecule has 5 rings (SSSR count). The average molecular weight is 527 g/mol. The molecule has 0 aliphatic carbocycles. The average Bonchev–Trinajstić information content (AvgIpc) is 3.33. The summed E-state index contributed by atoms with van der Waals surface area (Å²) in [5.74, 6) is -0.889. The second-order valence-corrected chi connectivity index (χ2v) is 10.00. The fourth-order valence-electron chi connectivity index (χ4n) is 4.25. The Morgan fingerprint density at radius 1 is 1.08 bits per heavy atom. The monoisotopic (exact) mass is 526 g/mol. The van der Waals surface area contributed by atoms with Gasteiger partial charge in [-0.25, -0.2) is 9.97 Å². The second kappa shape index (κ2) is 8.87. The van der Waals surface area contributed by atoms with Crippen molar-refractivity contribution >= 4 is 23.0 Å². The van der Waals surface area contributed by atoms with Crippen molar-refractivity contribution < 1.29 is 23.1 Å². The van der Waals surface area contributed by atoms with Crippen LogP contribution in [0.25, 0.3) is 16.4 Å². The first-order valence-electron chi connectivity index (χ1n) is 11.3. The van der Waals surface area contributed by atoms with E-state index in [9.17, 15) is 23.1 Å². The minimum absolute atomic E-state index is 0.0494. The molecule has 1 aromatic carbocycles. The lowest BCUT2D eigenvalue weighted by Gasteiger charge is -2.16. The number of aryl methyl sites for hydroxylation is 2. The Labute approximate surface area is 213 Å². The Kier molecular flexibility index (Phi) is 5.94. The summed E-state index contributed by atoms with van der Waals surface area (Å²) >= 11 is 1.54. The van der Waals surface area contributed by atoms with E-state index in [2.05, 4.69) is 20.2 Å². The van der Waals surface area contributed by atoms with Gasteiger partial charge in [-0.3, -0.25) is 14.4 Å². The molecule has 1 aliphatic rings. The summed E-state index contributed by atoms with van der Waals surface area (Å²) in [6.45, 7) is 7.36. The summed E-state index contributed by atoms with van der Waals surface area (Å²) in [4.78, 5) is 25.6. The minimum atomic E-state index is -4.58. The molecule has 0 saturated carbocycles. The van der Waals surface area contributed by atoms with Crippen LogP contribution in [0.3, 0.4) is 0 Å². The van der Waals surface area contributed by atoms with E-state index in [0.29, 0.717) is 28.5 Å². The third-order valence-corrected chi connectivity index (χ3v) is 7.61. The van der Waals surface area contributed by atoms with Crippen molar-refractivity contribution in [3.05, 3.63) is 75.4 Å². The molecular weight excluding hydrogens is 505 g/mol. The molecule has 2 atom stereocenters. The Morgan fingerprint density at radius 2 is 1.76 bits per heavy atom. The summed E-state index contributed by atoms with van der Waals surface area (Å²) < 4.78 is 41.2. The molecule has 4 heterocycles. The first-order valence-corrected chi connectivity index (χ1v) is 12.1. The van der Waals surface area contributed by atoms with Crippen molar-refractivity contribution in [1.29, 1.82) is 0 Å². The number of aromatic nitrogens is 5. The lowest BCUT2D eigenvalue weighted by Crippen LogP contribution is -2.21. The molecular formula is C25H21F3N6O2S. The van der Waals surface area contributed by atoms with E-state index in [-0.39, 0.29) is 5.82 Å². The third-order valence-electron chi connectivity index (χ3n) is 6.41. The summed E-state index contributed by atoms with van der Waals surface area (Å²) in [7, 11) is 0. The summed E-state index contributed by atoms with van der Waals surface area (Å²) in [5, 5.41) is 19.1. The molecule has 4 aromatic rings. The number of rotatable bonds is 4. The van der Waals surface area contributed by atoms with Crippen molar-refractivity contribution in [2.45, 2.75) is 39.9 Å². The van der Waals surface area contributed by atoms with Gasteiger partial charge < -0.3 is 5.11 Å². The smallest absolute Gasteiger partial charge is 0.433 e. The molecule has 190 valence electrons. The molecule has 8 nitrogen and oxygen atoms in total. The van der Waals surface area contributed by atoms with Crippen LogP contribution >= 0.6 is 11.3 Å². The highest BCUT2D eigenvalue weighted by Crippen LogP contribution is 2.40. The number of nitrogens with zero attached hydrogens (tertiary/aromatic N) is 6. The molecule has 0 saturated heterocycles. The van der Waals surface area contributed by atoms with Crippen molar-refractivity contribution in [2.75, 3.05) is 0 Å². The van der Waals surface area contributed by atoms with Gasteiger partial charge in [0, 0.05) is 27.8 Å². The van der Waals surface area contributed by atoms with E-state index in [1.807, 2.05) is 25.3 Å². The molecule has 0 spiro atoms. The fourth-order valence-corrected chi connectivity index (χ4v) is 5.46. The first-order chi connectivity index (χ1) is 17.5. The summed E-state index contributed by atoms with van der Waals surface area (Å²) in [5.41, 5.74) is 2.48. The second-order valence-electron chi connectivity index (χ2n) is 8.79.